The number of benzene rings is 2. The molecule has 2 aromatic rings. The van der Waals surface area contributed by atoms with Crippen molar-refractivity contribution in [3.63, 3.8) is 0 Å². The van der Waals surface area contributed by atoms with E-state index in [1.165, 1.54) is 61.3 Å². The molecule has 50 heavy (non-hydrogen) atoms. The van der Waals surface area contributed by atoms with Gasteiger partial charge in [0.25, 0.3) is 11.8 Å². The van der Waals surface area contributed by atoms with Gasteiger partial charge in [-0.05, 0) is 139 Å². The molecular formula is C36H46F6N4O2S2. The third kappa shape index (κ3) is 9.51. The maximum Gasteiger partial charge on any atom is 0.416 e. The van der Waals surface area contributed by atoms with Gasteiger partial charge in [-0.3, -0.25) is 19.4 Å². The predicted octanol–water partition coefficient (Wildman–Crippen LogP) is 8.35. The summed E-state index contributed by atoms with van der Waals surface area (Å²) in [6.07, 6.45) is 5.56. The molecule has 4 atom stereocenters. The van der Waals surface area contributed by atoms with Gasteiger partial charge < -0.3 is 10.6 Å². The standard InChI is InChI=1S/2C18H23F3N2OS/c2*1-25-16-11-12(18(19,20)21)7-8-13(16)17(24)22-14-5-4-6-15(14)23-9-2-3-10-23/h2*7-8,11,14-15H,2-6,9-10H2,1H3,(H,22,24). The molecule has 14 heteroatoms. The molecule has 6 nitrogen and oxygen atoms in total. The molecule has 6 rings (SSSR count). The molecule has 0 aromatic heterocycles. The first kappa shape index (κ1) is 38.8. The van der Waals surface area contributed by atoms with Crippen LogP contribution in [0.4, 0.5) is 26.3 Å². The fourth-order valence-electron chi connectivity index (χ4n) is 7.84. The fraction of sp³-hybridized carbons (Fsp3) is 0.611. The van der Waals surface area contributed by atoms with Crippen LogP contribution in [0.1, 0.15) is 96.1 Å². The normalized spacial score (nSPS) is 24.6. The van der Waals surface area contributed by atoms with Crippen LogP contribution in [-0.4, -0.2) is 84.5 Å². The molecule has 2 aromatic carbocycles. The minimum absolute atomic E-state index is 0.0857. The zero-order valence-electron chi connectivity index (χ0n) is 28.5. The third-order valence-electron chi connectivity index (χ3n) is 10.4. The number of alkyl halides is 6. The van der Waals surface area contributed by atoms with Crippen molar-refractivity contribution in [2.24, 2.45) is 0 Å². The maximum absolute atomic E-state index is 12.9. The highest BCUT2D eigenvalue weighted by molar-refractivity contribution is 7.99. The summed E-state index contributed by atoms with van der Waals surface area (Å²) in [7, 11) is 0. The van der Waals surface area contributed by atoms with Gasteiger partial charge in [0.15, 0.2) is 0 Å². The van der Waals surface area contributed by atoms with Crippen LogP contribution in [-0.2, 0) is 12.4 Å². The van der Waals surface area contributed by atoms with Crippen molar-refractivity contribution in [3.05, 3.63) is 58.7 Å². The predicted molar refractivity (Wildman–Crippen MR) is 186 cm³/mol. The lowest BCUT2D eigenvalue weighted by Crippen LogP contribution is -2.47. The summed E-state index contributed by atoms with van der Waals surface area (Å²) < 4.78 is 77.2. The van der Waals surface area contributed by atoms with E-state index >= 15 is 0 Å². The molecule has 4 aliphatic rings. The number of hydrogen-bond acceptors (Lipinski definition) is 6. The second-order valence-electron chi connectivity index (χ2n) is 13.5. The molecule has 2 amide bonds. The Hall–Kier alpha value is -2.42. The maximum atomic E-state index is 12.9. The van der Waals surface area contributed by atoms with E-state index in [2.05, 4.69) is 20.4 Å². The molecule has 2 aliphatic heterocycles. The minimum atomic E-state index is -4.40. The van der Waals surface area contributed by atoms with Gasteiger partial charge in [0, 0.05) is 34.0 Å². The molecule has 2 aliphatic carbocycles. The van der Waals surface area contributed by atoms with E-state index in [1.807, 2.05) is 0 Å². The molecule has 2 saturated carbocycles. The number of nitrogens with one attached hydrogen (secondary N) is 2. The van der Waals surface area contributed by atoms with E-state index in [1.54, 1.807) is 12.5 Å². The van der Waals surface area contributed by atoms with Crippen LogP contribution in [0.2, 0.25) is 0 Å². The SMILES string of the molecule is CSc1cc(C(F)(F)F)ccc1C(=O)NC1CCCC1N1CCCC1.CSc1cc(C(F)(F)F)ccc1C(=O)NC1CCCC1N1CCCC1. The second kappa shape index (κ2) is 16.9. The Morgan fingerprint density at radius 1 is 0.600 bits per heavy atom. The Kier molecular flexibility index (Phi) is 13.1. The van der Waals surface area contributed by atoms with Crippen LogP contribution >= 0.6 is 23.5 Å². The van der Waals surface area contributed by atoms with Crippen molar-refractivity contribution in [3.8, 4) is 0 Å². The van der Waals surface area contributed by atoms with Gasteiger partial charge in [0.1, 0.15) is 0 Å². The first-order chi connectivity index (χ1) is 23.8. The van der Waals surface area contributed by atoms with Gasteiger partial charge >= 0.3 is 12.4 Å². The number of amides is 2. The molecule has 276 valence electrons. The summed E-state index contributed by atoms with van der Waals surface area (Å²) in [5.74, 6) is -0.539. The largest absolute Gasteiger partial charge is 0.416 e. The lowest BCUT2D eigenvalue weighted by Gasteiger charge is -2.29. The average Bonchev–Trinajstić information content (AvgIpc) is 3.92. The molecule has 0 spiro atoms. The van der Waals surface area contributed by atoms with Crippen molar-refractivity contribution in [2.45, 2.75) is 111 Å². The average molecular weight is 745 g/mol. The summed E-state index contributed by atoms with van der Waals surface area (Å²) >= 11 is 2.33. The fourth-order valence-corrected chi connectivity index (χ4v) is 9.09. The quantitative estimate of drug-likeness (QED) is 0.210. The highest BCUT2D eigenvalue weighted by Crippen LogP contribution is 2.35. The number of thioether (sulfide) groups is 2. The highest BCUT2D eigenvalue weighted by atomic mass is 32.2. The minimum Gasteiger partial charge on any atom is -0.348 e. The first-order valence-electron chi connectivity index (χ1n) is 17.4. The van der Waals surface area contributed by atoms with Gasteiger partial charge in [-0.25, -0.2) is 0 Å². The van der Waals surface area contributed by atoms with Crippen LogP contribution in [0.3, 0.4) is 0 Å². The lowest BCUT2D eigenvalue weighted by atomic mass is 10.1. The van der Waals surface area contributed by atoms with Crippen LogP contribution in [0, 0.1) is 0 Å². The van der Waals surface area contributed by atoms with Gasteiger partial charge in [-0.1, -0.05) is 0 Å². The molecule has 4 fully saturated rings. The van der Waals surface area contributed by atoms with E-state index in [-0.39, 0.29) is 23.9 Å². The van der Waals surface area contributed by atoms with Crippen molar-refractivity contribution in [1.82, 2.24) is 20.4 Å². The second-order valence-corrected chi connectivity index (χ2v) is 15.2. The van der Waals surface area contributed by atoms with E-state index < -0.39 is 23.5 Å². The van der Waals surface area contributed by atoms with E-state index in [4.69, 9.17) is 0 Å². The number of carbonyl (C=O) groups is 2. The smallest absolute Gasteiger partial charge is 0.348 e. The Labute approximate surface area is 298 Å². The summed E-state index contributed by atoms with van der Waals surface area (Å²) in [4.78, 5) is 31.0. The number of carbonyl (C=O) groups excluding carboxylic acids is 2. The van der Waals surface area contributed by atoms with Crippen molar-refractivity contribution < 1.29 is 35.9 Å². The number of hydrogen-bond donors (Lipinski definition) is 2. The van der Waals surface area contributed by atoms with Crippen LogP contribution in [0.25, 0.3) is 0 Å². The summed E-state index contributed by atoms with van der Waals surface area (Å²) in [5, 5.41) is 6.16. The van der Waals surface area contributed by atoms with E-state index in [0.29, 0.717) is 33.0 Å². The van der Waals surface area contributed by atoms with Crippen molar-refractivity contribution >= 4 is 35.3 Å². The summed E-state index contributed by atoms with van der Waals surface area (Å²) in [5.41, 5.74) is -0.784. The topological polar surface area (TPSA) is 64.7 Å². The molecule has 0 bridgehead atoms. The van der Waals surface area contributed by atoms with Crippen LogP contribution < -0.4 is 10.6 Å². The van der Waals surface area contributed by atoms with Gasteiger partial charge in [0.05, 0.1) is 22.3 Å². The number of nitrogens with zero attached hydrogens (tertiary/aromatic N) is 2. The molecule has 2 saturated heterocycles. The Morgan fingerprint density at radius 3 is 1.28 bits per heavy atom. The third-order valence-corrected chi connectivity index (χ3v) is 11.9. The summed E-state index contributed by atoms with van der Waals surface area (Å²) in [6, 6.07) is 7.58. The summed E-state index contributed by atoms with van der Waals surface area (Å²) in [6.45, 7) is 4.31. The van der Waals surface area contributed by atoms with E-state index in [9.17, 15) is 35.9 Å². The van der Waals surface area contributed by atoms with Crippen LogP contribution in [0.5, 0.6) is 0 Å². The van der Waals surface area contributed by atoms with Gasteiger partial charge in [-0.2, -0.15) is 26.3 Å². The molecule has 0 radical (unpaired) electrons. The number of rotatable bonds is 8. The lowest BCUT2D eigenvalue weighted by molar-refractivity contribution is -0.138. The van der Waals surface area contributed by atoms with Crippen molar-refractivity contribution in [2.75, 3.05) is 38.7 Å². The Morgan fingerprint density at radius 2 is 0.960 bits per heavy atom. The first-order valence-corrected chi connectivity index (χ1v) is 19.9. The number of likely N-dealkylation sites (tertiary alicyclic amines) is 2. The number of halogens is 6. The molecule has 2 heterocycles. The zero-order chi connectivity index (χ0) is 36.1. The van der Waals surface area contributed by atoms with E-state index in [0.717, 1.165) is 89.0 Å². The Bertz CT molecular complexity index is 1370. The zero-order valence-corrected chi connectivity index (χ0v) is 30.1. The Balaban J connectivity index is 0.000000194. The molecular weight excluding hydrogens is 699 g/mol. The van der Waals surface area contributed by atoms with Gasteiger partial charge in [0.2, 0.25) is 0 Å². The monoisotopic (exact) mass is 744 g/mol. The van der Waals surface area contributed by atoms with Crippen LogP contribution in [0.15, 0.2) is 46.2 Å². The molecule has 4 unspecified atom stereocenters. The molecule has 2 N–H and O–H groups in total. The van der Waals surface area contributed by atoms with Gasteiger partial charge in [-0.15, -0.1) is 23.5 Å². The van der Waals surface area contributed by atoms with Crippen molar-refractivity contribution in [1.29, 1.82) is 0 Å². The highest BCUT2D eigenvalue weighted by Gasteiger charge is 2.37.